The number of aryl methyl sites for hydroxylation is 2. The van der Waals surface area contributed by atoms with Gasteiger partial charge in [-0.05, 0) is 45.1 Å². The largest absolute Gasteiger partial charge is 0.462 e. The number of fused-ring (bicyclic) bond motifs is 3. The molecular formula is C15H19N3O2S2. The van der Waals surface area contributed by atoms with Crippen LogP contribution < -0.4 is 5.73 Å². The van der Waals surface area contributed by atoms with Gasteiger partial charge in [-0.2, -0.15) is 0 Å². The zero-order valence-electron chi connectivity index (χ0n) is 12.7. The van der Waals surface area contributed by atoms with Crippen LogP contribution in [-0.4, -0.2) is 27.8 Å². The van der Waals surface area contributed by atoms with Crippen LogP contribution in [0, 0.1) is 0 Å². The Hall–Kier alpha value is -1.34. The van der Waals surface area contributed by atoms with Crippen LogP contribution in [0.1, 0.15) is 37.1 Å². The number of nitrogens with zero attached hydrogens (tertiary/aromatic N) is 2. The molecule has 5 nitrogen and oxygen atoms in total. The van der Waals surface area contributed by atoms with Gasteiger partial charge in [-0.25, -0.2) is 9.97 Å². The maximum atomic E-state index is 11.6. The number of hydrogen-bond donors (Lipinski definition) is 1. The zero-order valence-corrected chi connectivity index (χ0v) is 14.4. The lowest BCUT2D eigenvalue weighted by Gasteiger charge is -2.10. The summed E-state index contributed by atoms with van der Waals surface area (Å²) in [7, 11) is 0. The average molecular weight is 337 g/mol. The van der Waals surface area contributed by atoms with Gasteiger partial charge < -0.3 is 10.5 Å². The molecule has 118 valence electrons. The fourth-order valence-corrected chi connectivity index (χ4v) is 4.61. The quantitative estimate of drug-likeness (QED) is 0.524. The Morgan fingerprint density at radius 2 is 2.14 bits per heavy atom. The second-order valence-electron chi connectivity index (χ2n) is 5.61. The van der Waals surface area contributed by atoms with Crippen molar-refractivity contribution in [3.8, 4) is 0 Å². The van der Waals surface area contributed by atoms with Gasteiger partial charge in [0.25, 0.3) is 0 Å². The third kappa shape index (κ3) is 3.20. The Labute approximate surface area is 137 Å². The lowest BCUT2D eigenvalue weighted by Crippen LogP contribution is -2.13. The highest BCUT2D eigenvalue weighted by atomic mass is 32.2. The van der Waals surface area contributed by atoms with E-state index in [-0.39, 0.29) is 17.8 Å². The first-order valence-corrected chi connectivity index (χ1v) is 9.25. The third-order valence-electron chi connectivity index (χ3n) is 3.51. The highest BCUT2D eigenvalue weighted by Crippen LogP contribution is 2.38. The van der Waals surface area contributed by atoms with Crippen LogP contribution in [0.5, 0.6) is 0 Å². The normalized spacial score (nSPS) is 14.3. The lowest BCUT2D eigenvalue weighted by atomic mass is 9.97. The lowest BCUT2D eigenvalue weighted by molar-refractivity contribution is -0.144. The highest BCUT2D eigenvalue weighted by Gasteiger charge is 2.20. The van der Waals surface area contributed by atoms with Gasteiger partial charge in [0.15, 0.2) is 5.16 Å². The fraction of sp³-hybridized carbons (Fsp3) is 0.533. The first kappa shape index (κ1) is 15.6. The molecule has 0 aliphatic heterocycles. The fourth-order valence-electron chi connectivity index (χ4n) is 2.65. The van der Waals surface area contributed by atoms with Crippen molar-refractivity contribution >= 4 is 45.1 Å². The Morgan fingerprint density at radius 3 is 2.91 bits per heavy atom. The SMILES string of the molecule is CC(C)OC(=O)CSc1nc(N)c2c3c(sc2n1)CCCC3. The van der Waals surface area contributed by atoms with Gasteiger partial charge in [0.1, 0.15) is 10.6 Å². The van der Waals surface area contributed by atoms with Gasteiger partial charge in [-0.3, -0.25) is 4.79 Å². The van der Waals surface area contributed by atoms with E-state index in [0.717, 1.165) is 23.1 Å². The van der Waals surface area contributed by atoms with E-state index in [2.05, 4.69) is 9.97 Å². The number of aromatic nitrogens is 2. The maximum Gasteiger partial charge on any atom is 0.316 e. The van der Waals surface area contributed by atoms with Gasteiger partial charge in [0, 0.05) is 4.88 Å². The van der Waals surface area contributed by atoms with E-state index in [0.29, 0.717) is 11.0 Å². The van der Waals surface area contributed by atoms with Crippen molar-refractivity contribution in [2.75, 3.05) is 11.5 Å². The first-order valence-electron chi connectivity index (χ1n) is 7.44. The number of thioether (sulfide) groups is 1. The number of nitrogens with two attached hydrogens (primary N) is 1. The Bertz CT molecular complexity index is 712. The number of ether oxygens (including phenoxy) is 1. The molecule has 22 heavy (non-hydrogen) atoms. The van der Waals surface area contributed by atoms with Crippen LogP contribution in [0.3, 0.4) is 0 Å². The number of thiophene rings is 1. The van der Waals surface area contributed by atoms with Gasteiger partial charge in [-0.1, -0.05) is 11.8 Å². The van der Waals surface area contributed by atoms with Crippen LogP contribution in [0.4, 0.5) is 5.82 Å². The zero-order chi connectivity index (χ0) is 15.7. The minimum absolute atomic E-state index is 0.106. The second-order valence-corrected chi connectivity index (χ2v) is 7.64. The Morgan fingerprint density at radius 1 is 1.36 bits per heavy atom. The molecule has 1 aliphatic rings. The minimum atomic E-state index is -0.257. The molecule has 0 saturated heterocycles. The summed E-state index contributed by atoms with van der Waals surface area (Å²) in [5, 5.41) is 1.57. The van der Waals surface area contributed by atoms with Crippen LogP contribution >= 0.6 is 23.1 Å². The second kappa shape index (κ2) is 6.42. The van der Waals surface area contributed by atoms with E-state index in [4.69, 9.17) is 10.5 Å². The molecule has 0 unspecified atom stereocenters. The number of nitrogen functional groups attached to an aromatic ring is 1. The Kier molecular flexibility index (Phi) is 4.54. The summed E-state index contributed by atoms with van der Waals surface area (Å²) in [5.41, 5.74) is 7.47. The first-order chi connectivity index (χ1) is 10.5. The predicted molar refractivity (Wildman–Crippen MR) is 90.4 cm³/mol. The van der Waals surface area contributed by atoms with E-state index < -0.39 is 0 Å². The van der Waals surface area contributed by atoms with Crippen molar-refractivity contribution in [2.24, 2.45) is 0 Å². The van der Waals surface area contributed by atoms with E-state index >= 15 is 0 Å². The number of rotatable bonds is 4. The summed E-state index contributed by atoms with van der Waals surface area (Å²) in [6, 6.07) is 0. The maximum absolute atomic E-state index is 11.6. The number of esters is 1. The molecule has 2 aromatic heterocycles. The summed E-state index contributed by atoms with van der Waals surface area (Å²) < 4.78 is 5.11. The molecule has 2 heterocycles. The molecule has 3 rings (SSSR count). The van der Waals surface area contributed by atoms with Crippen molar-refractivity contribution in [3.63, 3.8) is 0 Å². The molecule has 0 aromatic carbocycles. The molecule has 0 spiro atoms. The highest BCUT2D eigenvalue weighted by molar-refractivity contribution is 7.99. The molecule has 7 heteroatoms. The summed E-state index contributed by atoms with van der Waals surface area (Å²) in [5.74, 6) is 0.477. The standard InChI is InChI=1S/C15H19N3O2S2/c1-8(2)20-11(19)7-21-15-17-13(16)12-9-5-3-4-6-10(9)22-14(12)18-15/h8H,3-7H2,1-2H3,(H2,16,17,18). The average Bonchev–Trinajstić information content (AvgIpc) is 2.83. The smallest absolute Gasteiger partial charge is 0.316 e. The van der Waals surface area contributed by atoms with Crippen LogP contribution in [0.25, 0.3) is 10.2 Å². The molecule has 0 bridgehead atoms. The molecule has 0 amide bonds. The van der Waals surface area contributed by atoms with E-state index in [9.17, 15) is 4.79 Å². The number of anilines is 1. The van der Waals surface area contributed by atoms with Gasteiger partial charge in [-0.15, -0.1) is 11.3 Å². The van der Waals surface area contributed by atoms with Crippen LogP contribution in [0.15, 0.2) is 5.16 Å². The van der Waals surface area contributed by atoms with Crippen molar-refractivity contribution < 1.29 is 9.53 Å². The van der Waals surface area contributed by atoms with Crippen molar-refractivity contribution in [3.05, 3.63) is 10.4 Å². The third-order valence-corrected chi connectivity index (χ3v) is 5.51. The van der Waals surface area contributed by atoms with E-state index in [1.165, 1.54) is 35.0 Å². The molecule has 2 N–H and O–H groups in total. The van der Waals surface area contributed by atoms with E-state index in [1.54, 1.807) is 11.3 Å². The number of carbonyl (C=O) groups is 1. The van der Waals surface area contributed by atoms with Gasteiger partial charge in [0.05, 0.1) is 17.2 Å². The van der Waals surface area contributed by atoms with Crippen molar-refractivity contribution in [1.29, 1.82) is 0 Å². The van der Waals surface area contributed by atoms with Gasteiger partial charge in [0.2, 0.25) is 0 Å². The number of hydrogen-bond acceptors (Lipinski definition) is 7. The van der Waals surface area contributed by atoms with Crippen LogP contribution in [0.2, 0.25) is 0 Å². The summed E-state index contributed by atoms with van der Waals surface area (Å²) in [4.78, 5) is 22.9. The van der Waals surface area contributed by atoms with E-state index in [1.807, 2.05) is 13.8 Å². The predicted octanol–water partition coefficient (Wildman–Crippen LogP) is 3.20. The van der Waals surface area contributed by atoms with Crippen molar-refractivity contribution in [2.45, 2.75) is 50.8 Å². The summed E-state index contributed by atoms with van der Waals surface area (Å²) in [6.45, 7) is 3.67. The van der Waals surface area contributed by atoms with Crippen LogP contribution in [-0.2, 0) is 22.4 Å². The molecule has 0 fully saturated rings. The van der Waals surface area contributed by atoms with Crippen molar-refractivity contribution in [1.82, 2.24) is 9.97 Å². The monoisotopic (exact) mass is 337 g/mol. The Balaban J connectivity index is 1.82. The minimum Gasteiger partial charge on any atom is -0.462 e. The molecular weight excluding hydrogens is 318 g/mol. The summed E-state index contributed by atoms with van der Waals surface area (Å²) in [6.07, 6.45) is 4.51. The molecule has 1 aliphatic carbocycles. The molecule has 0 radical (unpaired) electrons. The van der Waals surface area contributed by atoms with Gasteiger partial charge >= 0.3 is 5.97 Å². The topological polar surface area (TPSA) is 78.1 Å². The summed E-state index contributed by atoms with van der Waals surface area (Å²) >= 11 is 2.99. The molecule has 0 atom stereocenters. The molecule has 0 saturated carbocycles. The molecule has 2 aromatic rings. The number of carbonyl (C=O) groups excluding carboxylic acids is 1.